The predicted molar refractivity (Wildman–Crippen MR) is 64.0 cm³/mol. The molecule has 2 unspecified atom stereocenters. The van der Waals surface area contributed by atoms with Crippen molar-refractivity contribution in [3.8, 4) is 0 Å². The molecule has 2 atom stereocenters. The molecular weight excluding hydrogens is 218 g/mol. The van der Waals surface area contributed by atoms with Crippen LogP contribution in [-0.4, -0.2) is 26.7 Å². The summed E-state index contributed by atoms with van der Waals surface area (Å²) < 4.78 is 1.46. The maximum atomic E-state index is 11.8. The minimum atomic E-state index is -0.0198. The summed E-state index contributed by atoms with van der Waals surface area (Å²) in [6.45, 7) is 2.38. The Kier molecular flexibility index (Phi) is 3.61. The summed E-state index contributed by atoms with van der Waals surface area (Å²) in [6.07, 6.45) is 6.21. The summed E-state index contributed by atoms with van der Waals surface area (Å²) in [6, 6.07) is 0.303. The highest BCUT2D eigenvalue weighted by molar-refractivity contribution is 5.76. The Morgan fingerprint density at radius 2 is 2.35 bits per heavy atom. The zero-order valence-corrected chi connectivity index (χ0v) is 10.1. The minimum Gasteiger partial charge on any atom is -0.367 e. The Bertz CT molecular complexity index is 389. The van der Waals surface area contributed by atoms with E-state index < -0.39 is 0 Å². The first kappa shape index (κ1) is 11.9. The molecule has 2 rings (SSSR count). The van der Waals surface area contributed by atoms with Gasteiger partial charge in [-0.15, -0.1) is 5.10 Å². The van der Waals surface area contributed by atoms with Crippen LogP contribution in [0.4, 0.5) is 5.95 Å². The molecular formula is C11H19N5O. The first-order chi connectivity index (χ1) is 8.15. The third-order valence-corrected chi connectivity index (χ3v) is 3.32. The van der Waals surface area contributed by atoms with Gasteiger partial charge in [-0.2, -0.15) is 0 Å². The Hall–Kier alpha value is -1.59. The van der Waals surface area contributed by atoms with Crippen molar-refractivity contribution in [1.82, 2.24) is 20.1 Å². The molecule has 0 aliphatic heterocycles. The van der Waals surface area contributed by atoms with E-state index in [1.165, 1.54) is 30.3 Å². The van der Waals surface area contributed by atoms with E-state index in [-0.39, 0.29) is 18.4 Å². The molecule has 1 heterocycles. The van der Waals surface area contributed by atoms with E-state index in [9.17, 15) is 4.79 Å². The number of aromatic nitrogens is 3. The van der Waals surface area contributed by atoms with E-state index in [4.69, 9.17) is 5.73 Å². The van der Waals surface area contributed by atoms with Crippen LogP contribution in [0.25, 0.3) is 0 Å². The van der Waals surface area contributed by atoms with Crippen LogP contribution in [-0.2, 0) is 11.3 Å². The molecule has 1 aliphatic rings. The number of hydrogen-bond donors (Lipinski definition) is 2. The fraction of sp³-hybridized carbons (Fsp3) is 0.727. The van der Waals surface area contributed by atoms with Crippen LogP contribution in [0, 0.1) is 5.92 Å². The normalized spacial score (nSPS) is 24.5. The second kappa shape index (κ2) is 5.16. The van der Waals surface area contributed by atoms with E-state index in [0.717, 1.165) is 6.42 Å². The number of nitrogens with one attached hydrogen (secondary N) is 1. The molecule has 1 aromatic heterocycles. The quantitative estimate of drug-likeness (QED) is 0.804. The monoisotopic (exact) mass is 237 g/mol. The molecule has 1 saturated carbocycles. The van der Waals surface area contributed by atoms with Crippen molar-refractivity contribution in [3.05, 3.63) is 6.33 Å². The zero-order valence-electron chi connectivity index (χ0n) is 10.1. The van der Waals surface area contributed by atoms with E-state index in [1.54, 1.807) is 0 Å². The number of nitrogens with zero attached hydrogens (tertiary/aromatic N) is 3. The smallest absolute Gasteiger partial charge is 0.242 e. The van der Waals surface area contributed by atoms with Gasteiger partial charge in [-0.25, -0.2) is 9.67 Å². The topological polar surface area (TPSA) is 85.8 Å². The summed E-state index contributed by atoms with van der Waals surface area (Å²) in [7, 11) is 0. The molecule has 94 valence electrons. The van der Waals surface area contributed by atoms with Gasteiger partial charge in [0.2, 0.25) is 11.9 Å². The standard InChI is InChI=1S/C11H19N5O/c1-8-4-2-3-5-9(8)14-10(17)6-16-7-13-11(12)15-16/h7-9H,2-6H2,1H3,(H2,12,15)(H,14,17). The van der Waals surface area contributed by atoms with Gasteiger partial charge in [-0.1, -0.05) is 19.8 Å². The van der Waals surface area contributed by atoms with Crippen LogP contribution in [0.1, 0.15) is 32.6 Å². The molecule has 1 amide bonds. The molecule has 1 aromatic rings. The Balaban J connectivity index is 1.84. The van der Waals surface area contributed by atoms with Crippen LogP contribution >= 0.6 is 0 Å². The molecule has 0 spiro atoms. The lowest BCUT2D eigenvalue weighted by atomic mass is 9.86. The number of carbonyl (C=O) groups excluding carboxylic acids is 1. The number of nitrogens with two attached hydrogens (primary N) is 1. The van der Waals surface area contributed by atoms with Crippen LogP contribution in [0.2, 0.25) is 0 Å². The van der Waals surface area contributed by atoms with Gasteiger partial charge in [0.1, 0.15) is 12.9 Å². The lowest BCUT2D eigenvalue weighted by molar-refractivity contribution is -0.123. The maximum absolute atomic E-state index is 11.8. The average molecular weight is 237 g/mol. The van der Waals surface area contributed by atoms with Gasteiger partial charge in [-0.05, 0) is 18.8 Å². The molecule has 3 N–H and O–H groups in total. The Morgan fingerprint density at radius 1 is 1.59 bits per heavy atom. The van der Waals surface area contributed by atoms with Crippen molar-refractivity contribution in [1.29, 1.82) is 0 Å². The second-order valence-corrected chi connectivity index (χ2v) is 4.74. The van der Waals surface area contributed by atoms with Crippen LogP contribution in [0.15, 0.2) is 6.33 Å². The molecule has 6 nitrogen and oxygen atoms in total. The summed E-state index contributed by atoms with van der Waals surface area (Å²) in [4.78, 5) is 15.6. The van der Waals surface area contributed by atoms with E-state index in [1.807, 2.05) is 0 Å². The first-order valence-corrected chi connectivity index (χ1v) is 6.09. The Morgan fingerprint density at radius 3 is 3.00 bits per heavy atom. The molecule has 17 heavy (non-hydrogen) atoms. The third kappa shape index (κ3) is 3.18. The van der Waals surface area contributed by atoms with Crippen molar-refractivity contribution < 1.29 is 4.79 Å². The highest BCUT2D eigenvalue weighted by Crippen LogP contribution is 2.23. The number of carbonyl (C=O) groups is 1. The minimum absolute atomic E-state index is 0.0198. The van der Waals surface area contributed by atoms with E-state index >= 15 is 0 Å². The van der Waals surface area contributed by atoms with Gasteiger partial charge >= 0.3 is 0 Å². The highest BCUT2D eigenvalue weighted by Gasteiger charge is 2.22. The molecule has 0 aromatic carbocycles. The molecule has 0 saturated heterocycles. The van der Waals surface area contributed by atoms with Gasteiger partial charge in [0.25, 0.3) is 0 Å². The van der Waals surface area contributed by atoms with Crippen LogP contribution in [0.5, 0.6) is 0 Å². The molecule has 0 radical (unpaired) electrons. The lowest BCUT2D eigenvalue weighted by Gasteiger charge is -2.29. The van der Waals surface area contributed by atoms with Crippen molar-refractivity contribution in [2.24, 2.45) is 5.92 Å². The molecule has 1 aliphatic carbocycles. The highest BCUT2D eigenvalue weighted by atomic mass is 16.2. The van der Waals surface area contributed by atoms with Crippen molar-refractivity contribution in [2.45, 2.75) is 45.2 Å². The largest absolute Gasteiger partial charge is 0.367 e. The number of amides is 1. The van der Waals surface area contributed by atoms with Gasteiger partial charge in [0.15, 0.2) is 0 Å². The number of rotatable bonds is 3. The Labute approximate surface area is 101 Å². The molecule has 1 fully saturated rings. The lowest BCUT2D eigenvalue weighted by Crippen LogP contribution is -2.42. The average Bonchev–Trinajstić information content (AvgIpc) is 2.67. The van der Waals surface area contributed by atoms with E-state index in [0.29, 0.717) is 12.0 Å². The molecule has 0 bridgehead atoms. The van der Waals surface area contributed by atoms with Crippen LogP contribution in [0.3, 0.4) is 0 Å². The van der Waals surface area contributed by atoms with E-state index in [2.05, 4.69) is 22.3 Å². The van der Waals surface area contributed by atoms with Crippen molar-refractivity contribution in [2.75, 3.05) is 5.73 Å². The summed E-state index contributed by atoms with van der Waals surface area (Å²) >= 11 is 0. The zero-order chi connectivity index (χ0) is 12.3. The van der Waals surface area contributed by atoms with Crippen molar-refractivity contribution in [3.63, 3.8) is 0 Å². The first-order valence-electron chi connectivity index (χ1n) is 6.09. The number of anilines is 1. The predicted octanol–water partition coefficient (Wildman–Crippen LogP) is 0.555. The maximum Gasteiger partial charge on any atom is 0.242 e. The number of nitrogen functional groups attached to an aromatic ring is 1. The van der Waals surface area contributed by atoms with Crippen LogP contribution < -0.4 is 11.1 Å². The third-order valence-electron chi connectivity index (χ3n) is 3.32. The summed E-state index contributed by atoms with van der Waals surface area (Å²) in [5.41, 5.74) is 5.39. The van der Waals surface area contributed by atoms with Gasteiger partial charge in [0, 0.05) is 6.04 Å². The molecule has 6 heteroatoms. The summed E-state index contributed by atoms with van der Waals surface area (Å²) in [5, 5.41) is 6.94. The van der Waals surface area contributed by atoms with Gasteiger partial charge in [-0.3, -0.25) is 4.79 Å². The van der Waals surface area contributed by atoms with Crippen molar-refractivity contribution >= 4 is 11.9 Å². The summed E-state index contributed by atoms with van der Waals surface area (Å²) in [5.74, 6) is 0.742. The number of hydrogen-bond acceptors (Lipinski definition) is 4. The fourth-order valence-electron chi connectivity index (χ4n) is 2.32. The van der Waals surface area contributed by atoms with Gasteiger partial charge < -0.3 is 11.1 Å². The fourth-order valence-corrected chi connectivity index (χ4v) is 2.32. The van der Waals surface area contributed by atoms with Gasteiger partial charge in [0.05, 0.1) is 0 Å². The SMILES string of the molecule is CC1CCCCC1NC(=O)Cn1cnc(N)n1. The second-order valence-electron chi connectivity index (χ2n) is 4.74.